The van der Waals surface area contributed by atoms with Gasteiger partial charge in [0.2, 0.25) is 5.88 Å². The fraction of sp³-hybridized carbons (Fsp3) is 0.296. The van der Waals surface area contributed by atoms with Crippen molar-refractivity contribution < 1.29 is 17.2 Å². The van der Waals surface area contributed by atoms with Crippen molar-refractivity contribution in [2.75, 3.05) is 13.1 Å². The van der Waals surface area contributed by atoms with Crippen LogP contribution in [0, 0.1) is 6.92 Å². The van der Waals surface area contributed by atoms with Crippen LogP contribution < -0.4 is 4.18 Å². The fourth-order valence-electron chi connectivity index (χ4n) is 5.04. The van der Waals surface area contributed by atoms with Gasteiger partial charge in [-0.1, -0.05) is 65.7 Å². The van der Waals surface area contributed by atoms with Crippen molar-refractivity contribution in [1.82, 2.24) is 9.88 Å². The Morgan fingerprint density at radius 3 is 2.41 bits per heavy atom. The summed E-state index contributed by atoms with van der Waals surface area (Å²) in [6.07, 6.45) is 3.53. The van der Waals surface area contributed by atoms with Crippen molar-refractivity contribution >= 4 is 16.0 Å². The Morgan fingerprint density at radius 1 is 0.941 bits per heavy atom. The molecule has 0 radical (unpaired) electrons. The van der Waals surface area contributed by atoms with Gasteiger partial charge in [-0.15, -0.1) is 0 Å². The van der Waals surface area contributed by atoms with E-state index in [4.69, 9.17) is 4.18 Å². The summed E-state index contributed by atoms with van der Waals surface area (Å²) >= 11 is 0. The van der Waals surface area contributed by atoms with Gasteiger partial charge in [0.1, 0.15) is 0 Å². The molecule has 6 nitrogen and oxygen atoms in total. The quantitative estimate of drug-likeness (QED) is 0.547. The number of rotatable bonds is 4. The van der Waals surface area contributed by atoms with Crippen LogP contribution in [0.5, 0.6) is 5.88 Å². The molecule has 2 aliphatic rings. The summed E-state index contributed by atoms with van der Waals surface area (Å²) < 4.78 is 36.5. The lowest BCUT2D eigenvalue weighted by Gasteiger charge is -2.30. The summed E-state index contributed by atoms with van der Waals surface area (Å²) in [6.45, 7) is 4.93. The highest BCUT2D eigenvalue weighted by Crippen LogP contribution is 2.39. The van der Waals surface area contributed by atoms with Crippen molar-refractivity contribution in [3.8, 4) is 5.88 Å². The number of aryl methyl sites for hydroxylation is 3. The van der Waals surface area contributed by atoms with Crippen LogP contribution in [0.25, 0.3) is 5.57 Å². The highest BCUT2D eigenvalue weighted by Gasteiger charge is 2.26. The standard InChI is InChI=1S/C27H28N2O4S/c1-19-7-11-24-23(17-19)9-8-22-10-12-25(33-34(30,31)32)28-27(22)26(24)21-13-15-29(16-14-21)18-20-5-3-2-4-6-20/h2-7,10-12,17H,8-9,13-16,18H2,1H3,(H,30,31,32). The summed E-state index contributed by atoms with van der Waals surface area (Å²) in [7, 11) is -4.64. The smallest absolute Gasteiger partial charge is 0.341 e. The van der Waals surface area contributed by atoms with Crippen molar-refractivity contribution in [3.63, 3.8) is 0 Å². The van der Waals surface area contributed by atoms with E-state index in [9.17, 15) is 13.0 Å². The zero-order chi connectivity index (χ0) is 23.7. The highest BCUT2D eigenvalue weighted by atomic mass is 32.3. The van der Waals surface area contributed by atoms with Gasteiger partial charge in [0.15, 0.2) is 0 Å². The molecule has 0 bridgehead atoms. The van der Waals surface area contributed by atoms with Gasteiger partial charge in [-0.2, -0.15) is 8.42 Å². The third kappa shape index (κ3) is 5.06. The third-order valence-electron chi connectivity index (χ3n) is 6.64. The molecule has 1 N–H and O–H groups in total. The molecule has 34 heavy (non-hydrogen) atoms. The number of fused-ring (bicyclic) bond motifs is 2. The second-order valence-electron chi connectivity index (χ2n) is 9.07. The first-order chi connectivity index (χ1) is 16.4. The molecule has 2 heterocycles. The molecule has 1 fully saturated rings. The molecule has 5 rings (SSSR count). The molecular formula is C27H28N2O4S. The van der Waals surface area contributed by atoms with Crippen LogP contribution in [0.2, 0.25) is 0 Å². The number of hydrogen-bond acceptors (Lipinski definition) is 5. The monoisotopic (exact) mass is 476 g/mol. The summed E-state index contributed by atoms with van der Waals surface area (Å²) in [4.78, 5) is 7.06. The number of benzene rings is 2. The van der Waals surface area contributed by atoms with Gasteiger partial charge >= 0.3 is 10.4 Å². The minimum absolute atomic E-state index is 0.114. The molecule has 1 aromatic heterocycles. The van der Waals surface area contributed by atoms with Crippen molar-refractivity contribution in [2.45, 2.75) is 39.2 Å². The number of piperidine rings is 1. The number of nitrogens with zero attached hydrogens (tertiary/aromatic N) is 2. The summed E-state index contributed by atoms with van der Waals surface area (Å²) in [6, 6.07) is 20.4. The van der Waals surface area contributed by atoms with E-state index < -0.39 is 10.4 Å². The Hall–Kier alpha value is -3.00. The van der Waals surface area contributed by atoms with E-state index in [1.54, 1.807) is 0 Å². The number of pyridine rings is 1. The van der Waals surface area contributed by atoms with Gasteiger partial charge < -0.3 is 4.18 Å². The second-order valence-corrected chi connectivity index (χ2v) is 10.1. The third-order valence-corrected chi connectivity index (χ3v) is 7.02. The Labute approximate surface area is 200 Å². The zero-order valence-corrected chi connectivity index (χ0v) is 20.0. The van der Waals surface area contributed by atoms with Crippen LogP contribution in [-0.2, 0) is 29.8 Å². The lowest BCUT2D eigenvalue weighted by Crippen LogP contribution is -2.30. The Kier molecular flexibility index (Phi) is 6.25. The van der Waals surface area contributed by atoms with Crippen LogP contribution in [0.1, 0.15) is 46.4 Å². The average Bonchev–Trinajstić information content (AvgIpc) is 2.95. The first-order valence-corrected chi connectivity index (χ1v) is 13.0. The Bertz CT molecular complexity index is 1340. The Morgan fingerprint density at radius 2 is 1.68 bits per heavy atom. The normalized spacial score (nSPS) is 16.5. The summed E-state index contributed by atoms with van der Waals surface area (Å²) in [5.74, 6) is -0.114. The molecule has 1 aliphatic heterocycles. The molecule has 3 aromatic rings. The number of likely N-dealkylation sites (tertiary alicyclic amines) is 1. The number of hydrogen-bond donors (Lipinski definition) is 1. The predicted molar refractivity (Wildman–Crippen MR) is 132 cm³/mol. The summed E-state index contributed by atoms with van der Waals surface area (Å²) in [5, 5.41) is 0. The molecule has 0 unspecified atom stereocenters. The van der Waals surface area contributed by atoms with Crippen LogP contribution in [0.3, 0.4) is 0 Å². The molecule has 1 saturated heterocycles. The maximum absolute atomic E-state index is 11.3. The second kappa shape index (κ2) is 9.33. The van der Waals surface area contributed by atoms with E-state index in [0.717, 1.165) is 67.7 Å². The molecular weight excluding hydrogens is 448 g/mol. The molecule has 0 atom stereocenters. The predicted octanol–water partition coefficient (Wildman–Crippen LogP) is 4.77. The van der Waals surface area contributed by atoms with E-state index in [0.29, 0.717) is 0 Å². The molecule has 1 aliphatic carbocycles. The van der Waals surface area contributed by atoms with Gasteiger partial charge in [0.05, 0.1) is 5.69 Å². The van der Waals surface area contributed by atoms with Crippen LogP contribution in [-0.4, -0.2) is 35.9 Å². The molecule has 0 saturated carbocycles. The van der Waals surface area contributed by atoms with Gasteiger partial charge in [0, 0.05) is 31.3 Å². The van der Waals surface area contributed by atoms with E-state index in [-0.39, 0.29) is 5.88 Å². The van der Waals surface area contributed by atoms with Crippen LogP contribution >= 0.6 is 0 Å². The van der Waals surface area contributed by atoms with Crippen LogP contribution in [0.15, 0.2) is 66.2 Å². The maximum Gasteiger partial charge on any atom is 0.447 e. The van der Waals surface area contributed by atoms with Crippen LogP contribution in [0.4, 0.5) is 0 Å². The highest BCUT2D eigenvalue weighted by molar-refractivity contribution is 7.81. The Balaban J connectivity index is 1.54. The first-order valence-electron chi connectivity index (χ1n) is 11.6. The fourth-order valence-corrected chi connectivity index (χ4v) is 5.35. The topological polar surface area (TPSA) is 79.7 Å². The van der Waals surface area contributed by atoms with Gasteiger partial charge in [-0.05, 0) is 54.9 Å². The maximum atomic E-state index is 11.3. The van der Waals surface area contributed by atoms with Crippen molar-refractivity contribution in [2.24, 2.45) is 0 Å². The average molecular weight is 477 g/mol. The lowest BCUT2D eigenvalue weighted by atomic mass is 9.88. The van der Waals surface area contributed by atoms with E-state index >= 15 is 0 Å². The molecule has 0 amide bonds. The zero-order valence-electron chi connectivity index (χ0n) is 19.2. The van der Waals surface area contributed by atoms with Gasteiger partial charge in [0.25, 0.3) is 0 Å². The molecule has 0 spiro atoms. The molecule has 2 aromatic carbocycles. The minimum Gasteiger partial charge on any atom is -0.341 e. The first kappa shape index (κ1) is 22.8. The SMILES string of the molecule is Cc1ccc2c(c1)CCc1ccc(OS(=O)(=O)O)nc1C2=C1CCN(Cc2ccccc2)CC1. The number of aromatic nitrogens is 1. The largest absolute Gasteiger partial charge is 0.447 e. The molecule has 7 heteroatoms. The van der Waals surface area contributed by atoms with E-state index in [1.807, 2.05) is 12.1 Å². The van der Waals surface area contributed by atoms with Crippen molar-refractivity contribution in [3.05, 3.63) is 99.7 Å². The summed E-state index contributed by atoms with van der Waals surface area (Å²) in [5.41, 5.74) is 9.21. The van der Waals surface area contributed by atoms with E-state index in [1.165, 1.54) is 28.3 Å². The minimum atomic E-state index is -4.64. The van der Waals surface area contributed by atoms with Gasteiger partial charge in [-0.25, -0.2) is 4.98 Å². The van der Waals surface area contributed by atoms with E-state index in [2.05, 4.69) is 59.3 Å². The van der Waals surface area contributed by atoms with Crippen molar-refractivity contribution in [1.29, 1.82) is 0 Å². The lowest BCUT2D eigenvalue weighted by molar-refractivity contribution is 0.248. The van der Waals surface area contributed by atoms with Gasteiger partial charge in [-0.3, -0.25) is 9.45 Å². The molecule has 176 valence electrons.